The van der Waals surface area contributed by atoms with Gasteiger partial charge in [0.05, 0.1) is 24.9 Å². The first-order chi connectivity index (χ1) is 9.15. The van der Waals surface area contributed by atoms with Gasteiger partial charge in [-0.1, -0.05) is 30.3 Å². The number of carbonyl (C=O) groups excluding carboxylic acids is 1. The number of hydrogen-bond donors (Lipinski definition) is 0. The van der Waals surface area contributed by atoms with Crippen molar-refractivity contribution in [2.45, 2.75) is 58.0 Å². The van der Waals surface area contributed by atoms with Gasteiger partial charge in [0.2, 0.25) is 0 Å². The molecule has 1 fully saturated rings. The zero-order valence-electron chi connectivity index (χ0n) is 11.7. The van der Waals surface area contributed by atoms with Crippen molar-refractivity contribution in [2.75, 3.05) is 0 Å². The van der Waals surface area contributed by atoms with Crippen molar-refractivity contribution in [3.63, 3.8) is 0 Å². The molecule has 1 aliphatic heterocycles. The van der Waals surface area contributed by atoms with Crippen LogP contribution in [0.5, 0.6) is 0 Å². The third-order valence-electron chi connectivity index (χ3n) is 3.48. The average Bonchev–Trinajstić information content (AvgIpc) is 2.38. The molecule has 0 amide bonds. The standard InChI is InChI=1S/C16H22O3/c1-12(17)10-16-15(9-8-13(2)19-16)18-11-14-6-4-3-5-7-14/h3-7,13,15-16H,8-11H2,1-2H3/t13-,15+,16-/m1/s1. The van der Waals surface area contributed by atoms with Gasteiger partial charge in [-0.15, -0.1) is 0 Å². The van der Waals surface area contributed by atoms with Crippen LogP contribution in [0.15, 0.2) is 30.3 Å². The molecule has 0 spiro atoms. The summed E-state index contributed by atoms with van der Waals surface area (Å²) in [7, 11) is 0. The molecule has 1 aliphatic rings. The van der Waals surface area contributed by atoms with E-state index in [1.807, 2.05) is 30.3 Å². The number of rotatable bonds is 5. The molecule has 1 saturated heterocycles. The summed E-state index contributed by atoms with van der Waals surface area (Å²) in [5.41, 5.74) is 1.16. The fraction of sp³-hybridized carbons (Fsp3) is 0.562. The topological polar surface area (TPSA) is 35.5 Å². The normalized spacial score (nSPS) is 27.2. The summed E-state index contributed by atoms with van der Waals surface area (Å²) in [6.45, 7) is 4.25. The molecule has 1 heterocycles. The number of hydrogen-bond acceptors (Lipinski definition) is 3. The van der Waals surface area contributed by atoms with E-state index >= 15 is 0 Å². The second kappa shape index (κ2) is 6.83. The zero-order chi connectivity index (χ0) is 13.7. The first kappa shape index (κ1) is 14.2. The van der Waals surface area contributed by atoms with Crippen molar-refractivity contribution in [3.05, 3.63) is 35.9 Å². The van der Waals surface area contributed by atoms with Gasteiger partial charge in [0, 0.05) is 6.42 Å². The highest BCUT2D eigenvalue weighted by Gasteiger charge is 2.30. The number of Topliss-reactive ketones (excluding diaryl/α,β-unsaturated/α-hetero) is 1. The van der Waals surface area contributed by atoms with Gasteiger partial charge in [0.15, 0.2) is 0 Å². The van der Waals surface area contributed by atoms with Crippen LogP contribution in [-0.2, 0) is 20.9 Å². The summed E-state index contributed by atoms with van der Waals surface area (Å²) in [6.07, 6.45) is 2.56. The van der Waals surface area contributed by atoms with E-state index in [0.29, 0.717) is 13.0 Å². The Morgan fingerprint density at radius 1 is 1.32 bits per heavy atom. The van der Waals surface area contributed by atoms with Crippen molar-refractivity contribution in [1.82, 2.24) is 0 Å². The summed E-state index contributed by atoms with van der Waals surface area (Å²) in [6, 6.07) is 10.1. The van der Waals surface area contributed by atoms with Crippen LogP contribution in [0, 0.1) is 0 Å². The van der Waals surface area contributed by atoms with Crippen LogP contribution in [0.4, 0.5) is 0 Å². The fourth-order valence-electron chi connectivity index (χ4n) is 2.47. The third-order valence-corrected chi connectivity index (χ3v) is 3.48. The number of benzene rings is 1. The lowest BCUT2D eigenvalue weighted by atomic mass is 9.98. The maximum atomic E-state index is 11.3. The van der Waals surface area contributed by atoms with Gasteiger partial charge in [-0.2, -0.15) is 0 Å². The molecule has 2 rings (SSSR count). The molecule has 0 N–H and O–H groups in total. The number of carbonyl (C=O) groups is 1. The molecule has 3 atom stereocenters. The van der Waals surface area contributed by atoms with Crippen molar-refractivity contribution < 1.29 is 14.3 Å². The van der Waals surface area contributed by atoms with E-state index in [0.717, 1.165) is 18.4 Å². The molecule has 1 aromatic rings. The first-order valence-corrected chi connectivity index (χ1v) is 6.95. The van der Waals surface area contributed by atoms with Crippen LogP contribution in [-0.4, -0.2) is 24.1 Å². The maximum absolute atomic E-state index is 11.3. The summed E-state index contributed by atoms with van der Waals surface area (Å²) < 4.78 is 11.8. The van der Waals surface area contributed by atoms with Crippen molar-refractivity contribution in [3.8, 4) is 0 Å². The molecular formula is C16H22O3. The molecule has 0 unspecified atom stereocenters. The second-order valence-electron chi connectivity index (χ2n) is 5.30. The molecule has 3 nitrogen and oxygen atoms in total. The van der Waals surface area contributed by atoms with Crippen LogP contribution in [0.25, 0.3) is 0 Å². The Kier molecular flexibility index (Phi) is 5.11. The van der Waals surface area contributed by atoms with Gasteiger partial charge in [-0.3, -0.25) is 4.79 Å². The monoisotopic (exact) mass is 262 g/mol. The molecule has 104 valence electrons. The minimum Gasteiger partial charge on any atom is -0.372 e. The maximum Gasteiger partial charge on any atom is 0.132 e. The van der Waals surface area contributed by atoms with Gasteiger partial charge in [0.1, 0.15) is 5.78 Å². The lowest BCUT2D eigenvalue weighted by Gasteiger charge is -2.34. The van der Waals surface area contributed by atoms with E-state index in [1.54, 1.807) is 6.92 Å². The Balaban J connectivity index is 1.91. The van der Waals surface area contributed by atoms with E-state index in [9.17, 15) is 4.79 Å². The minimum atomic E-state index is -0.0926. The van der Waals surface area contributed by atoms with Gasteiger partial charge in [0.25, 0.3) is 0 Å². The molecule has 19 heavy (non-hydrogen) atoms. The predicted molar refractivity (Wildman–Crippen MR) is 73.9 cm³/mol. The Morgan fingerprint density at radius 2 is 2.05 bits per heavy atom. The molecule has 0 radical (unpaired) electrons. The number of ketones is 1. The summed E-state index contributed by atoms with van der Waals surface area (Å²) >= 11 is 0. The zero-order valence-corrected chi connectivity index (χ0v) is 11.7. The summed E-state index contributed by atoms with van der Waals surface area (Å²) in [5.74, 6) is 0.160. The van der Waals surface area contributed by atoms with E-state index in [-0.39, 0.29) is 24.1 Å². The number of ether oxygens (including phenoxy) is 2. The molecule has 0 aliphatic carbocycles. The first-order valence-electron chi connectivity index (χ1n) is 6.95. The van der Waals surface area contributed by atoms with Crippen molar-refractivity contribution >= 4 is 5.78 Å². The lowest BCUT2D eigenvalue weighted by Crippen LogP contribution is -2.40. The quantitative estimate of drug-likeness (QED) is 0.818. The van der Waals surface area contributed by atoms with Crippen LogP contribution in [0.2, 0.25) is 0 Å². The molecule has 0 saturated carbocycles. The van der Waals surface area contributed by atoms with E-state index < -0.39 is 0 Å². The SMILES string of the molecule is CC(=O)C[C@H]1O[C@H](C)CC[C@@H]1OCc1ccccc1. The second-order valence-corrected chi connectivity index (χ2v) is 5.30. The van der Waals surface area contributed by atoms with Gasteiger partial charge in [-0.25, -0.2) is 0 Å². The Hall–Kier alpha value is -1.19. The largest absolute Gasteiger partial charge is 0.372 e. The highest BCUT2D eigenvalue weighted by Crippen LogP contribution is 2.25. The fourth-order valence-corrected chi connectivity index (χ4v) is 2.47. The summed E-state index contributed by atoms with van der Waals surface area (Å²) in [4.78, 5) is 11.3. The highest BCUT2D eigenvalue weighted by molar-refractivity contribution is 5.76. The molecule has 1 aromatic carbocycles. The van der Waals surface area contributed by atoms with Crippen LogP contribution >= 0.6 is 0 Å². The van der Waals surface area contributed by atoms with Crippen LogP contribution < -0.4 is 0 Å². The highest BCUT2D eigenvalue weighted by atomic mass is 16.5. The van der Waals surface area contributed by atoms with Crippen molar-refractivity contribution in [2.24, 2.45) is 0 Å². The Morgan fingerprint density at radius 3 is 2.74 bits per heavy atom. The minimum absolute atomic E-state index is 0.0281. The lowest BCUT2D eigenvalue weighted by molar-refractivity contribution is -0.149. The summed E-state index contributed by atoms with van der Waals surface area (Å²) in [5, 5.41) is 0. The molecule has 0 aromatic heterocycles. The van der Waals surface area contributed by atoms with Gasteiger partial charge in [-0.05, 0) is 32.3 Å². The Bertz CT molecular complexity index is 402. The smallest absolute Gasteiger partial charge is 0.132 e. The van der Waals surface area contributed by atoms with Crippen molar-refractivity contribution in [1.29, 1.82) is 0 Å². The van der Waals surface area contributed by atoms with E-state index in [1.165, 1.54) is 0 Å². The average molecular weight is 262 g/mol. The van der Waals surface area contributed by atoms with E-state index in [2.05, 4.69) is 6.92 Å². The molecule has 3 heteroatoms. The van der Waals surface area contributed by atoms with E-state index in [4.69, 9.17) is 9.47 Å². The van der Waals surface area contributed by atoms with Gasteiger partial charge >= 0.3 is 0 Å². The van der Waals surface area contributed by atoms with Crippen LogP contribution in [0.1, 0.15) is 38.7 Å². The predicted octanol–water partition coefficient (Wildman–Crippen LogP) is 3.12. The van der Waals surface area contributed by atoms with Gasteiger partial charge < -0.3 is 9.47 Å². The Labute approximate surface area is 114 Å². The third kappa shape index (κ3) is 4.44. The molecule has 0 bridgehead atoms. The van der Waals surface area contributed by atoms with Crippen LogP contribution in [0.3, 0.4) is 0 Å². The molecular weight excluding hydrogens is 240 g/mol.